The second-order valence-electron chi connectivity index (χ2n) is 10.5. The lowest BCUT2D eigenvalue weighted by Gasteiger charge is -2.31. The van der Waals surface area contributed by atoms with Crippen molar-refractivity contribution < 1.29 is 9.59 Å². The number of nitrogens with zero attached hydrogens (tertiary/aromatic N) is 2. The van der Waals surface area contributed by atoms with Gasteiger partial charge in [0.1, 0.15) is 5.69 Å². The van der Waals surface area contributed by atoms with Crippen molar-refractivity contribution in [3.8, 4) is 11.1 Å². The minimum absolute atomic E-state index is 0.181. The molecule has 6 heteroatoms. The molecule has 5 rings (SSSR count). The summed E-state index contributed by atoms with van der Waals surface area (Å²) in [6, 6.07) is 16.4. The number of hydrogen-bond acceptors (Lipinski definition) is 4. The van der Waals surface area contributed by atoms with E-state index in [1.807, 2.05) is 34.5 Å². The predicted molar refractivity (Wildman–Crippen MR) is 151 cm³/mol. The van der Waals surface area contributed by atoms with Gasteiger partial charge < -0.3 is 10.2 Å². The third-order valence-corrected chi connectivity index (χ3v) is 9.05. The highest BCUT2D eigenvalue weighted by molar-refractivity contribution is 7.10. The second-order valence-corrected chi connectivity index (χ2v) is 11.4. The largest absolute Gasteiger partial charge is 0.343 e. The Kier molecular flexibility index (Phi) is 8.34. The summed E-state index contributed by atoms with van der Waals surface area (Å²) < 4.78 is 0. The molecule has 0 spiro atoms. The van der Waals surface area contributed by atoms with Crippen LogP contribution in [0.25, 0.3) is 11.1 Å². The average Bonchev–Trinajstić information content (AvgIpc) is 3.65. The lowest BCUT2D eigenvalue weighted by molar-refractivity contribution is -0.132. The van der Waals surface area contributed by atoms with Gasteiger partial charge in [0, 0.05) is 42.1 Å². The summed E-state index contributed by atoms with van der Waals surface area (Å²) >= 11 is 1.56. The topological polar surface area (TPSA) is 62.3 Å². The number of thiazole rings is 1. The SMILES string of the molecule is CCc1ccc(-c2ccccc2NC(=O)c2csc(C3CCN(C(=O)CCC4CCCC4)CC3)n2)cc1. The fourth-order valence-electron chi connectivity index (χ4n) is 5.69. The molecule has 0 radical (unpaired) electrons. The van der Waals surface area contributed by atoms with Crippen molar-refractivity contribution in [3.63, 3.8) is 0 Å². The Labute approximate surface area is 224 Å². The number of benzene rings is 2. The van der Waals surface area contributed by atoms with E-state index in [1.54, 1.807) is 11.3 Å². The minimum Gasteiger partial charge on any atom is -0.343 e. The monoisotopic (exact) mass is 515 g/mol. The molecule has 1 aromatic heterocycles. The standard InChI is InChI=1S/C31H37N3O2S/c1-2-22-11-14-24(15-12-22)26-9-5-6-10-27(26)32-30(36)28-21-37-31(33-28)25-17-19-34(20-18-25)29(35)16-13-23-7-3-4-8-23/h5-6,9-12,14-15,21,23,25H,2-4,7-8,13,16-20H2,1H3,(H,32,36). The van der Waals surface area contributed by atoms with E-state index < -0.39 is 0 Å². The quantitative estimate of drug-likeness (QED) is 0.342. The van der Waals surface area contributed by atoms with Gasteiger partial charge in [-0.2, -0.15) is 0 Å². The number of piperidine rings is 1. The molecule has 1 saturated heterocycles. The molecule has 1 saturated carbocycles. The molecular weight excluding hydrogens is 478 g/mol. The zero-order valence-electron chi connectivity index (χ0n) is 21.7. The average molecular weight is 516 g/mol. The van der Waals surface area contributed by atoms with Crippen molar-refractivity contribution in [2.24, 2.45) is 5.92 Å². The number of para-hydroxylation sites is 1. The first-order valence-corrected chi connectivity index (χ1v) is 14.7. The highest BCUT2D eigenvalue weighted by Gasteiger charge is 2.27. The summed E-state index contributed by atoms with van der Waals surface area (Å²) in [6.45, 7) is 3.73. The number of rotatable bonds is 8. The molecule has 2 fully saturated rings. The maximum atomic E-state index is 13.1. The van der Waals surface area contributed by atoms with E-state index in [4.69, 9.17) is 4.98 Å². The number of nitrogens with one attached hydrogen (secondary N) is 1. The van der Waals surface area contributed by atoms with Gasteiger partial charge in [-0.25, -0.2) is 4.98 Å². The molecule has 2 aliphatic rings. The van der Waals surface area contributed by atoms with Crippen LogP contribution >= 0.6 is 11.3 Å². The lowest BCUT2D eigenvalue weighted by Crippen LogP contribution is -2.38. The van der Waals surface area contributed by atoms with Gasteiger partial charge in [0.15, 0.2) is 0 Å². The second kappa shape index (κ2) is 12.0. The van der Waals surface area contributed by atoms with E-state index in [-0.39, 0.29) is 5.91 Å². The maximum Gasteiger partial charge on any atom is 0.275 e. The summed E-state index contributed by atoms with van der Waals surface area (Å²) in [6.07, 6.45) is 9.84. The molecule has 0 atom stereocenters. The third-order valence-electron chi connectivity index (χ3n) is 8.04. The summed E-state index contributed by atoms with van der Waals surface area (Å²) in [5.74, 6) is 1.21. The van der Waals surface area contributed by atoms with Crippen molar-refractivity contribution >= 4 is 28.8 Å². The van der Waals surface area contributed by atoms with Crippen molar-refractivity contribution in [1.29, 1.82) is 0 Å². The van der Waals surface area contributed by atoms with Crippen molar-refractivity contribution in [2.45, 2.75) is 70.6 Å². The number of aromatic nitrogens is 1. The molecule has 1 aliphatic heterocycles. The van der Waals surface area contributed by atoms with Gasteiger partial charge in [-0.1, -0.05) is 75.1 Å². The van der Waals surface area contributed by atoms with Crippen LogP contribution in [0.1, 0.15) is 85.3 Å². The Morgan fingerprint density at radius 2 is 1.73 bits per heavy atom. The molecule has 2 heterocycles. The van der Waals surface area contributed by atoms with Gasteiger partial charge in [-0.15, -0.1) is 11.3 Å². The number of carbonyl (C=O) groups excluding carboxylic acids is 2. The number of carbonyl (C=O) groups is 2. The van der Waals surface area contributed by atoms with Gasteiger partial charge in [-0.3, -0.25) is 9.59 Å². The fourth-order valence-corrected chi connectivity index (χ4v) is 6.66. The van der Waals surface area contributed by atoms with Crippen LogP contribution < -0.4 is 5.32 Å². The first-order valence-electron chi connectivity index (χ1n) is 13.8. The van der Waals surface area contributed by atoms with Crippen LogP contribution in [0.5, 0.6) is 0 Å². The van der Waals surface area contributed by atoms with E-state index in [0.717, 1.165) is 66.5 Å². The van der Waals surface area contributed by atoms with Crippen LogP contribution in [0.15, 0.2) is 53.9 Å². The Bertz CT molecular complexity index is 1210. The van der Waals surface area contributed by atoms with Crippen LogP contribution in [-0.2, 0) is 11.2 Å². The van der Waals surface area contributed by atoms with Gasteiger partial charge in [0.25, 0.3) is 5.91 Å². The van der Waals surface area contributed by atoms with Crippen molar-refractivity contribution in [2.75, 3.05) is 18.4 Å². The van der Waals surface area contributed by atoms with E-state index in [9.17, 15) is 9.59 Å². The highest BCUT2D eigenvalue weighted by Crippen LogP contribution is 2.33. The van der Waals surface area contributed by atoms with Crippen molar-refractivity contribution in [3.05, 3.63) is 70.2 Å². The van der Waals surface area contributed by atoms with Crippen LogP contribution in [0, 0.1) is 5.92 Å². The molecule has 1 aliphatic carbocycles. The number of anilines is 1. The summed E-state index contributed by atoms with van der Waals surface area (Å²) in [4.78, 5) is 32.5. The van der Waals surface area contributed by atoms with Gasteiger partial charge in [0.05, 0.1) is 5.01 Å². The Balaban J connectivity index is 1.17. The molecule has 5 nitrogen and oxygen atoms in total. The van der Waals surface area contributed by atoms with E-state index in [2.05, 4.69) is 36.5 Å². The number of likely N-dealkylation sites (tertiary alicyclic amines) is 1. The summed E-state index contributed by atoms with van der Waals surface area (Å²) in [5, 5.41) is 5.95. The number of amides is 2. The molecule has 0 bridgehead atoms. The molecule has 3 aromatic rings. The summed E-state index contributed by atoms with van der Waals surface area (Å²) in [5.41, 5.74) is 4.62. The van der Waals surface area contributed by atoms with E-state index in [0.29, 0.717) is 23.9 Å². The zero-order valence-corrected chi connectivity index (χ0v) is 22.6. The van der Waals surface area contributed by atoms with E-state index >= 15 is 0 Å². The smallest absolute Gasteiger partial charge is 0.275 e. The Morgan fingerprint density at radius 1 is 1.00 bits per heavy atom. The normalized spacial score (nSPS) is 16.7. The van der Waals surface area contributed by atoms with Crippen LogP contribution in [-0.4, -0.2) is 34.8 Å². The fraction of sp³-hybridized carbons (Fsp3) is 0.452. The van der Waals surface area contributed by atoms with Crippen LogP contribution in [0.2, 0.25) is 0 Å². The molecule has 37 heavy (non-hydrogen) atoms. The van der Waals surface area contributed by atoms with Gasteiger partial charge in [-0.05, 0) is 48.8 Å². The van der Waals surface area contributed by atoms with Crippen LogP contribution in [0.3, 0.4) is 0 Å². The lowest BCUT2D eigenvalue weighted by atomic mass is 9.96. The molecule has 2 amide bonds. The highest BCUT2D eigenvalue weighted by atomic mass is 32.1. The first-order chi connectivity index (χ1) is 18.1. The van der Waals surface area contributed by atoms with Gasteiger partial charge >= 0.3 is 0 Å². The third kappa shape index (κ3) is 6.30. The number of hydrogen-bond donors (Lipinski definition) is 1. The molecule has 2 aromatic carbocycles. The Hall–Kier alpha value is -2.99. The van der Waals surface area contributed by atoms with Gasteiger partial charge in [0.2, 0.25) is 5.91 Å². The van der Waals surface area contributed by atoms with E-state index in [1.165, 1.54) is 31.2 Å². The first kappa shape index (κ1) is 25.7. The zero-order chi connectivity index (χ0) is 25.6. The number of aryl methyl sites for hydroxylation is 1. The minimum atomic E-state index is -0.181. The van der Waals surface area contributed by atoms with Crippen molar-refractivity contribution in [1.82, 2.24) is 9.88 Å². The predicted octanol–water partition coefficient (Wildman–Crippen LogP) is 7.30. The Morgan fingerprint density at radius 3 is 2.46 bits per heavy atom. The molecular formula is C31H37N3O2S. The molecule has 194 valence electrons. The summed E-state index contributed by atoms with van der Waals surface area (Å²) in [7, 11) is 0. The molecule has 1 N–H and O–H groups in total. The maximum absolute atomic E-state index is 13.1. The van der Waals surface area contributed by atoms with Crippen LogP contribution in [0.4, 0.5) is 5.69 Å². The molecule has 0 unspecified atom stereocenters.